The zero-order valence-electron chi connectivity index (χ0n) is 18.5. The lowest BCUT2D eigenvalue weighted by atomic mass is 9.53. The number of hydrogen-bond donors (Lipinski definition) is 0. The van der Waals surface area contributed by atoms with Crippen LogP contribution in [0.1, 0.15) is 53.3 Å². The molecular formula is C13H25N. The second-order valence-electron chi connectivity index (χ2n) is 5.19. The molecule has 1 aliphatic carbocycles. The van der Waals surface area contributed by atoms with Crippen molar-refractivity contribution in [3.05, 3.63) is 0 Å². The van der Waals surface area contributed by atoms with Gasteiger partial charge in [0.2, 0.25) is 0 Å². The Morgan fingerprint density at radius 1 is 1.29 bits per heavy atom. The van der Waals surface area contributed by atoms with Crippen molar-refractivity contribution in [2.45, 2.75) is 47.0 Å². The number of nitrogens with zero attached hydrogens (tertiary/aromatic N) is 1. The number of fused-ring (bicyclic) bond motifs is 2. The quantitative estimate of drug-likeness (QED) is 0.635. The van der Waals surface area contributed by atoms with Gasteiger partial charge in [0.25, 0.3) is 0 Å². The van der Waals surface area contributed by atoms with Gasteiger partial charge < -0.3 is 4.90 Å². The number of piperidine rings is 2. The fourth-order valence-electron chi connectivity index (χ4n) is 1.76. The summed E-state index contributed by atoms with van der Waals surface area (Å²) in [4.78, 5) is 0.764. The van der Waals surface area contributed by atoms with Crippen molar-refractivity contribution in [2.24, 2.45) is 23.1 Å². The maximum Gasteiger partial charge on any atom is 0.0434 e. The minimum Gasteiger partial charge on any atom is -0.300 e. The molecule has 82 valence electrons. The molecule has 2 heterocycles. The molecule has 0 N–H and O–H groups in total. The van der Waals surface area contributed by atoms with Crippen LogP contribution in [0.5, 0.6) is 0 Å². The van der Waals surface area contributed by atoms with Gasteiger partial charge in [0.1, 0.15) is 0 Å². The lowest BCUT2D eigenvalue weighted by molar-refractivity contribution is -0.104. The van der Waals surface area contributed by atoms with Gasteiger partial charge in [0.15, 0.2) is 0 Å². The van der Waals surface area contributed by atoms with Gasteiger partial charge >= 0.3 is 0 Å². The molecule has 2 bridgehead atoms. The van der Waals surface area contributed by atoms with Gasteiger partial charge in [-0.25, -0.2) is 0 Å². The molecule has 2 aliphatic heterocycles. The van der Waals surface area contributed by atoms with Crippen LogP contribution in [0.25, 0.3) is 0 Å². The van der Waals surface area contributed by atoms with Crippen molar-refractivity contribution in [3.8, 4) is 0 Å². The van der Waals surface area contributed by atoms with Crippen molar-refractivity contribution in [3.63, 3.8) is 0 Å². The smallest absolute Gasteiger partial charge is 0.0434 e. The van der Waals surface area contributed by atoms with E-state index in [1.807, 2.05) is 0 Å². The molecule has 1 saturated carbocycles. The van der Waals surface area contributed by atoms with Gasteiger partial charge in [-0.15, -0.1) is 0 Å². The van der Waals surface area contributed by atoms with Crippen LogP contribution in [0, 0.1) is 23.1 Å². The zero-order valence-corrected chi connectivity index (χ0v) is 9.52. The van der Waals surface area contributed by atoms with Crippen LogP contribution in [0.3, 0.4) is 0 Å². The van der Waals surface area contributed by atoms with Gasteiger partial charge in [0.05, 0.1) is 0 Å². The van der Waals surface area contributed by atoms with Gasteiger partial charge in [-0.05, 0) is 43.3 Å². The first-order valence-corrected chi connectivity index (χ1v) is 5.11. The van der Waals surface area contributed by atoms with Gasteiger partial charge in [-0.2, -0.15) is 0 Å². The lowest BCUT2D eigenvalue weighted by Crippen LogP contribution is -2.60. The molecule has 0 radical (unpaired) electrons. The highest BCUT2D eigenvalue weighted by molar-refractivity contribution is 5.01. The Morgan fingerprint density at radius 3 is 2.14 bits per heavy atom. The molecule has 0 amide bonds. The van der Waals surface area contributed by atoms with E-state index in [-0.39, 0.29) is 0 Å². The third-order valence-electron chi connectivity index (χ3n) is 2.48. The highest BCUT2D eigenvalue weighted by Gasteiger charge is 2.51. The average Bonchev–Trinajstić information content (AvgIpc) is 2.30. The maximum absolute atomic E-state index is 8.80. The molecule has 1 heteroatoms. The topological polar surface area (TPSA) is 3.24 Å². The fraction of sp³-hybridized carbons (Fsp3) is 1.00. The highest BCUT2D eigenvalue weighted by atomic mass is 15.2. The molecule has 2 saturated heterocycles. The van der Waals surface area contributed by atoms with Crippen LogP contribution in [0.15, 0.2) is 0 Å². The summed E-state index contributed by atoms with van der Waals surface area (Å²) in [5.41, 5.74) is -1.16. The van der Waals surface area contributed by atoms with Crippen molar-refractivity contribution in [2.75, 3.05) is 13.0 Å². The molecule has 0 aromatic carbocycles. The van der Waals surface area contributed by atoms with Crippen LogP contribution >= 0.6 is 0 Å². The van der Waals surface area contributed by atoms with E-state index in [4.69, 9.17) is 12.3 Å². The summed E-state index contributed by atoms with van der Waals surface area (Å²) in [7, 11) is 0. The summed E-state index contributed by atoms with van der Waals surface area (Å²) >= 11 is 0. The Bertz CT molecular complexity index is 506. The van der Waals surface area contributed by atoms with E-state index >= 15 is 0 Å². The van der Waals surface area contributed by atoms with Crippen LogP contribution in [-0.2, 0) is 0 Å². The average molecular weight is 204 g/mol. The molecule has 0 spiro atoms. The molecule has 0 aromatic rings. The number of rotatable bonds is 1. The van der Waals surface area contributed by atoms with E-state index < -0.39 is 48.5 Å². The summed E-state index contributed by atoms with van der Waals surface area (Å²) in [6.45, 7) is 2.23. The molecule has 3 rings (SSSR count). The summed E-state index contributed by atoms with van der Waals surface area (Å²) < 4.78 is 76.2. The molecule has 2 unspecified atom stereocenters. The predicted octanol–water partition coefficient (Wildman–Crippen LogP) is 3.01. The van der Waals surface area contributed by atoms with Crippen molar-refractivity contribution < 1.29 is 12.3 Å². The van der Waals surface area contributed by atoms with E-state index in [0.717, 1.165) is 4.90 Å². The van der Waals surface area contributed by atoms with E-state index in [9.17, 15) is 0 Å². The van der Waals surface area contributed by atoms with Crippen LogP contribution in [0.2, 0.25) is 0 Å². The van der Waals surface area contributed by atoms with E-state index in [1.54, 1.807) is 34.6 Å². The van der Waals surface area contributed by atoms with Crippen molar-refractivity contribution in [1.82, 2.24) is 4.90 Å². The number of hydrogen-bond acceptors (Lipinski definition) is 1. The predicted molar refractivity (Wildman–Crippen MR) is 61.3 cm³/mol. The third kappa shape index (κ3) is 1.60. The monoisotopic (exact) mass is 204 g/mol. The second-order valence-corrected chi connectivity index (χ2v) is 5.19. The Kier molecular flexibility index (Phi) is 0.942. The molecular weight excluding hydrogens is 170 g/mol. The minimum atomic E-state index is -2.81. The van der Waals surface area contributed by atoms with Crippen LogP contribution in [-0.4, -0.2) is 23.9 Å². The molecule has 14 heavy (non-hydrogen) atoms. The third-order valence-corrected chi connectivity index (χ3v) is 2.48. The van der Waals surface area contributed by atoms with Gasteiger partial charge in [0, 0.05) is 31.4 Å². The van der Waals surface area contributed by atoms with E-state index in [2.05, 4.69) is 0 Å². The molecule has 3 aliphatic rings. The normalized spacial score (nSPS) is 74.6. The molecule has 1 nitrogen and oxygen atoms in total. The largest absolute Gasteiger partial charge is 0.300 e. The summed E-state index contributed by atoms with van der Waals surface area (Å²) in [5.74, 6) is -7.46. The summed E-state index contributed by atoms with van der Waals surface area (Å²) in [6, 6.07) is -0.685. The standard InChI is InChI=1S/C13H25N/c1-9(2)14-7-10-6-11(8-14)12(10)13(3,4)5/h9-12H,6-8H2,1-5H3/i6D2,7D2,8D2,10D,11D,12D. The summed E-state index contributed by atoms with van der Waals surface area (Å²) in [6.07, 6.45) is -2.81. The first-order valence-electron chi connectivity index (χ1n) is 9.61. The molecule has 2 atom stereocenters. The SMILES string of the molecule is [2H]C1([2H])N(C(C)C)C([2H])([2H])C2([2H])C([2H])([2H])C1([2H])C2([2H])C(C)(C)C. The van der Waals surface area contributed by atoms with E-state index in [0.29, 0.717) is 0 Å². The first-order chi connectivity index (χ1) is 9.82. The second kappa shape index (κ2) is 3.23. The van der Waals surface area contributed by atoms with Gasteiger partial charge in [-0.3, -0.25) is 0 Å². The maximum atomic E-state index is 8.80. The fourth-order valence-corrected chi connectivity index (χ4v) is 1.76. The van der Waals surface area contributed by atoms with Crippen molar-refractivity contribution >= 4 is 0 Å². The van der Waals surface area contributed by atoms with E-state index in [1.165, 1.54) is 0 Å². The molecule has 0 aromatic heterocycles. The lowest BCUT2D eigenvalue weighted by Gasteiger charge is -2.59. The Balaban J connectivity index is 2.94. The van der Waals surface area contributed by atoms with Crippen molar-refractivity contribution in [1.29, 1.82) is 0 Å². The highest BCUT2D eigenvalue weighted by Crippen LogP contribution is 2.53. The Morgan fingerprint density at radius 2 is 1.79 bits per heavy atom. The minimum absolute atomic E-state index is 0.685. The Hall–Kier alpha value is -0.0400. The molecule has 3 fully saturated rings. The first kappa shape index (κ1) is 4.08. The summed E-state index contributed by atoms with van der Waals surface area (Å²) in [5, 5.41) is 0. The van der Waals surface area contributed by atoms with Crippen LogP contribution < -0.4 is 0 Å². The zero-order chi connectivity index (χ0) is 18.7. The van der Waals surface area contributed by atoms with Crippen LogP contribution in [0.4, 0.5) is 0 Å². The Labute approximate surface area is 102 Å². The van der Waals surface area contributed by atoms with Gasteiger partial charge in [-0.1, -0.05) is 20.8 Å².